The number of aliphatic hydroxyl groups is 1. The molecule has 4 rings (SSSR count). The number of halogens is 1. The number of carbonyl (C=O) groups is 2. The van der Waals surface area contributed by atoms with Crippen molar-refractivity contribution in [1.82, 2.24) is 10.2 Å². The van der Waals surface area contributed by atoms with E-state index in [0.29, 0.717) is 17.0 Å². The van der Waals surface area contributed by atoms with E-state index in [-0.39, 0.29) is 12.8 Å². The summed E-state index contributed by atoms with van der Waals surface area (Å²) in [6, 6.07) is 13.1. The molecular weight excluding hydrogens is 508 g/mol. The van der Waals surface area contributed by atoms with Gasteiger partial charge in [0.15, 0.2) is 0 Å². The summed E-state index contributed by atoms with van der Waals surface area (Å²) in [7, 11) is 1.00. The van der Waals surface area contributed by atoms with Crippen LogP contribution in [0.1, 0.15) is 63.5 Å². The Morgan fingerprint density at radius 3 is 2.34 bits per heavy atom. The molecule has 0 radical (unpaired) electrons. The number of hydrogen-bond donors (Lipinski definition) is 5. The van der Waals surface area contributed by atoms with Crippen LogP contribution in [-0.2, 0) is 9.59 Å². The molecule has 2 aromatic carbocycles. The minimum absolute atomic E-state index is 0.296. The number of carboxylic acids is 2. The predicted octanol–water partition coefficient (Wildman–Crippen LogP) is 5.22. The molecule has 2 aliphatic heterocycles. The summed E-state index contributed by atoms with van der Waals surface area (Å²) < 4.78 is 0. The number of fused-ring (bicyclic) bond motifs is 2. The lowest BCUT2D eigenvalue weighted by Gasteiger charge is -2.36. The monoisotopic (exact) mass is 546 g/mol. The van der Waals surface area contributed by atoms with E-state index in [2.05, 4.69) is 54.5 Å². The number of nitrogens with one attached hydrogen (secondary N) is 2. The molecule has 0 bridgehead atoms. The fourth-order valence-corrected chi connectivity index (χ4v) is 4.42. The van der Waals surface area contributed by atoms with Crippen molar-refractivity contribution in [3.05, 3.63) is 52.5 Å². The summed E-state index contributed by atoms with van der Waals surface area (Å²) in [5, 5.41) is 30.7. The summed E-state index contributed by atoms with van der Waals surface area (Å²) in [5.74, 6) is -0.629. The van der Waals surface area contributed by atoms with Crippen molar-refractivity contribution in [2.75, 3.05) is 32.1 Å². The highest BCUT2D eigenvalue weighted by atomic mass is 35.5. The van der Waals surface area contributed by atoms with Crippen molar-refractivity contribution in [2.24, 2.45) is 4.99 Å². The van der Waals surface area contributed by atoms with Gasteiger partial charge in [-0.3, -0.25) is 9.59 Å². The number of amidine groups is 1. The Morgan fingerprint density at radius 2 is 1.74 bits per heavy atom. The van der Waals surface area contributed by atoms with E-state index in [1.165, 1.54) is 24.0 Å². The largest absolute Gasteiger partial charge is 0.481 e. The molecule has 0 saturated carbocycles. The van der Waals surface area contributed by atoms with Gasteiger partial charge in [0.1, 0.15) is 5.84 Å². The highest BCUT2D eigenvalue weighted by Gasteiger charge is 2.26. The van der Waals surface area contributed by atoms with Crippen molar-refractivity contribution in [3.8, 4) is 0 Å². The highest BCUT2D eigenvalue weighted by molar-refractivity contribution is 6.31. The molecule has 9 nitrogen and oxygen atoms in total. The first-order chi connectivity index (χ1) is 18.2. The number of nitrogens with zero attached hydrogens (tertiary/aromatic N) is 2. The van der Waals surface area contributed by atoms with E-state index in [1.807, 2.05) is 18.2 Å². The average Bonchev–Trinajstić information content (AvgIpc) is 3.05. The van der Waals surface area contributed by atoms with Crippen LogP contribution < -0.4 is 10.6 Å². The van der Waals surface area contributed by atoms with Crippen LogP contribution in [0.15, 0.2) is 41.4 Å². The molecule has 2 heterocycles. The number of piperazine rings is 1. The molecule has 1 atom stereocenters. The van der Waals surface area contributed by atoms with Gasteiger partial charge in [0.2, 0.25) is 0 Å². The van der Waals surface area contributed by atoms with Crippen LogP contribution in [0.2, 0.25) is 5.02 Å². The Bertz CT molecular complexity index is 1110. The van der Waals surface area contributed by atoms with Gasteiger partial charge in [0, 0.05) is 49.1 Å². The number of aliphatic hydroxyl groups excluding tert-OH is 1. The number of aliphatic carboxylic acids is 2. The summed E-state index contributed by atoms with van der Waals surface area (Å²) >= 11 is 6.29. The van der Waals surface area contributed by atoms with E-state index in [4.69, 9.17) is 31.9 Å². The average molecular weight is 547 g/mol. The first-order valence-corrected chi connectivity index (χ1v) is 13.2. The molecule has 0 aromatic heterocycles. The van der Waals surface area contributed by atoms with Crippen LogP contribution in [0, 0.1) is 0 Å². The zero-order valence-corrected chi connectivity index (χ0v) is 23.3. The lowest BCUT2D eigenvalue weighted by molar-refractivity contribution is -0.143. The van der Waals surface area contributed by atoms with E-state index in [0.717, 1.165) is 49.6 Å². The molecule has 38 heavy (non-hydrogen) atoms. The maximum atomic E-state index is 9.64. The van der Waals surface area contributed by atoms with Crippen molar-refractivity contribution >= 4 is 46.4 Å². The summed E-state index contributed by atoms with van der Waals surface area (Å²) in [4.78, 5) is 26.9. The second kappa shape index (κ2) is 15.3. The smallest absolute Gasteiger partial charge is 0.303 e. The zero-order chi connectivity index (χ0) is 28.2. The Balaban J connectivity index is 0.000000437. The molecule has 5 N–H and O–H groups in total. The first kappa shape index (κ1) is 31.1. The Hall–Kier alpha value is -3.14. The molecule has 208 valence electrons. The fourth-order valence-electron chi connectivity index (χ4n) is 4.25. The van der Waals surface area contributed by atoms with Gasteiger partial charge in [-0.2, -0.15) is 0 Å². The third-order valence-electron chi connectivity index (χ3n) is 6.15. The molecule has 2 aromatic rings. The topological polar surface area (TPSA) is 134 Å². The van der Waals surface area contributed by atoms with Gasteiger partial charge in [0.25, 0.3) is 0 Å². The van der Waals surface area contributed by atoms with Crippen LogP contribution in [0.4, 0.5) is 17.1 Å². The van der Waals surface area contributed by atoms with Crippen LogP contribution >= 0.6 is 11.6 Å². The second-order valence-corrected chi connectivity index (χ2v) is 9.79. The maximum absolute atomic E-state index is 9.64. The van der Waals surface area contributed by atoms with Gasteiger partial charge in [-0.05, 0) is 48.2 Å². The number of benzene rings is 2. The minimum Gasteiger partial charge on any atom is -0.481 e. The highest BCUT2D eigenvalue weighted by Crippen LogP contribution is 2.37. The van der Waals surface area contributed by atoms with Gasteiger partial charge in [0.05, 0.1) is 24.2 Å². The maximum Gasteiger partial charge on any atom is 0.303 e. The van der Waals surface area contributed by atoms with E-state index >= 15 is 0 Å². The third-order valence-corrected chi connectivity index (χ3v) is 6.39. The van der Waals surface area contributed by atoms with Gasteiger partial charge >= 0.3 is 11.9 Å². The number of carboxylic acid groups (broad SMARTS) is 2. The van der Waals surface area contributed by atoms with Crippen LogP contribution in [0.5, 0.6) is 0 Å². The lowest BCUT2D eigenvalue weighted by atomic mass is 9.98. The van der Waals surface area contributed by atoms with Crippen LogP contribution in [0.3, 0.4) is 0 Å². The second-order valence-electron chi connectivity index (χ2n) is 9.35. The van der Waals surface area contributed by atoms with E-state index < -0.39 is 11.9 Å². The summed E-state index contributed by atoms with van der Waals surface area (Å²) in [6.45, 7) is 9.64. The zero-order valence-electron chi connectivity index (χ0n) is 22.5. The Morgan fingerprint density at radius 1 is 1.08 bits per heavy atom. The van der Waals surface area contributed by atoms with Crippen molar-refractivity contribution in [1.29, 1.82) is 0 Å². The van der Waals surface area contributed by atoms with Crippen LogP contribution in [0.25, 0.3) is 0 Å². The molecular formula is C28H39ClN4O5. The predicted molar refractivity (Wildman–Crippen MR) is 152 cm³/mol. The van der Waals surface area contributed by atoms with Gasteiger partial charge in [-0.25, -0.2) is 4.99 Å². The number of rotatable bonds is 6. The number of aliphatic imine (C=N–C) groups is 1. The quantitative estimate of drug-likeness (QED) is 0.333. The third kappa shape index (κ3) is 9.01. The van der Waals surface area contributed by atoms with E-state index in [1.54, 1.807) is 0 Å². The summed E-state index contributed by atoms with van der Waals surface area (Å²) in [6.07, 6.45) is 1.78. The van der Waals surface area contributed by atoms with Crippen molar-refractivity contribution in [3.63, 3.8) is 0 Å². The molecule has 2 aliphatic rings. The molecule has 0 unspecified atom stereocenters. The van der Waals surface area contributed by atoms with E-state index in [9.17, 15) is 9.59 Å². The normalized spacial score (nSPS) is 15.8. The molecule has 0 spiro atoms. The standard InChI is InChI=1S/C23H29ClN4.C4H6O4.CH4O/c1-4-5-18-14-28(11-10-25-18)23-19-12-16(15(2)3)6-8-20(19)26-21-9-7-17(24)13-22(21)27-23;5-3(6)1-2-4(7)8;1-2/h6-9,12-13,15,18,25-26H,4-5,10-11,14H2,1-3H3;1-2H2,(H,5,6)(H,7,8);2H,1H3/t18-;;/m0../s1. The Kier molecular flexibility index (Phi) is 12.5. The molecule has 1 fully saturated rings. The van der Waals surface area contributed by atoms with Gasteiger partial charge in [-0.1, -0.05) is 44.9 Å². The van der Waals surface area contributed by atoms with Gasteiger partial charge < -0.3 is 30.9 Å². The van der Waals surface area contributed by atoms with Crippen molar-refractivity contribution < 1.29 is 24.9 Å². The number of hydrogen-bond acceptors (Lipinski definition) is 7. The minimum atomic E-state index is -1.08. The SMILES string of the molecule is CCC[C@H]1CN(C2=Nc3cc(Cl)ccc3Nc3ccc(C(C)C)cc32)CCN1.CO.O=C(O)CCC(=O)O. The summed E-state index contributed by atoms with van der Waals surface area (Å²) in [5.41, 5.74) is 5.51. The fraction of sp³-hybridized carbons (Fsp3) is 0.464. The van der Waals surface area contributed by atoms with Crippen molar-refractivity contribution in [2.45, 2.75) is 58.4 Å². The molecule has 10 heteroatoms. The van der Waals surface area contributed by atoms with Crippen LogP contribution in [-0.4, -0.2) is 70.8 Å². The number of anilines is 2. The molecule has 0 amide bonds. The molecule has 0 aliphatic carbocycles. The lowest BCUT2D eigenvalue weighted by Crippen LogP contribution is -2.52. The molecule has 1 saturated heterocycles. The Labute approximate surface area is 229 Å². The van der Waals surface area contributed by atoms with Gasteiger partial charge in [-0.15, -0.1) is 0 Å². The first-order valence-electron chi connectivity index (χ1n) is 12.8.